The molecule has 41 heavy (non-hydrogen) atoms. The Bertz CT molecular complexity index is 1570. The Kier molecular flexibility index (Phi) is 8.32. The molecule has 0 unspecified atom stereocenters. The first-order valence-electron chi connectivity index (χ1n) is 13.0. The number of carbonyl (C=O) groups excluding carboxylic acids is 2. The minimum Gasteiger partial charge on any atom is -0.322 e. The first-order chi connectivity index (χ1) is 19.2. The maximum atomic E-state index is 13.3. The number of amides is 2. The zero-order valence-corrected chi connectivity index (χ0v) is 23.1. The monoisotopic (exact) mass is 566 g/mol. The van der Waals surface area contributed by atoms with Gasteiger partial charge in [0.25, 0.3) is 11.8 Å². The van der Waals surface area contributed by atoms with Gasteiger partial charge in [-0.2, -0.15) is 18.3 Å². The summed E-state index contributed by atoms with van der Waals surface area (Å²) >= 11 is 0. The molecular weight excluding hydrogens is 536 g/mol. The van der Waals surface area contributed by atoms with Gasteiger partial charge in [-0.15, -0.1) is 0 Å². The average molecular weight is 567 g/mol. The lowest BCUT2D eigenvalue weighted by Gasteiger charge is -2.22. The van der Waals surface area contributed by atoms with Crippen molar-refractivity contribution >= 4 is 23.3 Å². The Morgan fingerprint density at radius 2 is 1.51 bits per heavy atom. The van der Waals surface area contributed by atoms with Crippen molar-refractivity contribution in [2.24, 2.45) is 0 Å². The summed E-state index contributed by atoms with van der Waals surface area (Å²) in [7, 11) is 0. The van der Waals surface area contributed by atoms with Crippen LogP contribution in [0.1, 0.15) is 63.9 Å². The predicted octanol–water partition coefficient (Wildman–Crippen LogP) is 7.39. The van der Waals surface area contributed by atoms with E-state index < -0.39 is 29.0 Å². The van der Waals surface area contributed by atoms with E-state index in [4.69, 9.17) is 5.10 Å². The number of aryl methyl sites for hydroxylation is 3. The average Bonchev–Trinajstić information content (AvgIpc) is 3.32. The van der Waals surface area contributed by atoms with Gasteiger partial charge < -0.3 is 10.6 Å². The van der Waals surface area contributed by atoms with Crippen LogP contribution in [-0.4, -0.2) is 21.6 Å². The molecule has 2 amide bonds. The molecule has 0 aliphatic rings. The van der Waals surface area contributed by atoms with Gasteiger partial charge in [0.15, 0.2) is 0 Å². The van der Waals surface area contributed by atoms with Gasteiger partial charge in [0.1, 0.15) is 11.6 Å². The molecule has 0 atom stereocenters. The molecule has 3 aromatic carbocycles. The lowest BCUT2D eigenvalue weighted by atomic mass is 10.0. The number of carbonyl (C=O) groups is 2. The number of benzene rings is 3. The molecule has 4 aromatic rings. The second kappa shape index (κ2) is 11.6. The summed E-state index contributed by atoms with van der Waals surface area (Å²) < 4.78 is 54.2. The topological polar surface area (TPSA) is 76.0 Å². The van der Waals surface area contributed by atoms with Gasteiger partial charge in [0, 0.05) is 22.9 Å². The standard InChI is InChI=1S/C31H30F4N4O2/c1-19-8-14-25(36-29(41)22-6-5-7-23(16-22)31(33,34)35)17-21(19)11-15-26-18-27(39(38-26)30(2,3)4)37-28(40)20-9-12-24(32)13-10-20/h5-10,12-14,16-18H,11,15H2,1-4H3,(H,36,41)(H,37,40). The number of rotatable bonds is 7. The third kappa shape index (κ3) is 7.39. The van der Waals surface area contributed by atoms with E-state index in [0.29, 0.717) is 29.9 Å². The molecule has 4 rings (SSSR count). The minimum absolute atomic E-state index is 0.0927. The molecule has 0 bridgehead atoms. The molecule has 0 aliphatic carbocycles. The van der Waals surface area contributed by atoms with E-state index in [-0.39, 0.29) is 11.5 Å². The number of alkyl halides is 3. The normalized spacial score (nSPS) is 11.8. The van der Waals surface area contributed by atoms with Gasteiger partial charge in [-0.1, -0.05) is 12.1 Å². The van der Waals surface area contributed by atoms with Crippen LogP contribution in [0, 0.1) is 12.7 Å². The van der Waals surface area contributed by atoms with Crippen molar-refractivity contribution in [3.05, 3.63) is 112 Å². The van der Waals surface area contributed by atoms with Crippen molar-refractivity contribution in [1.29, 1.82) is 0 Å². The first-order valence-corrected chi connectivity index (χ1v) is 13.0. The van der Waals surface area contributed by atoms with E-state index >= 15 is 0 Å². The van der Waals surface area contributed by atoms with Crippen LogP contribution < -0.4 is 10.6 Å². The number of hydrogen-bond donors (Lipinski definition) is 2. The van der Waals surface area contributed by atoms with E-state index in [1.165, 1.54) is 36.4 Å². The lowest BCUT2D eigenvalue weighted by molar-refractivity contribution is -0.137. The fourth-order valence-corrected chi connectivity index (χ4v) is 4.26. The van der Waals surface area contributed by atoms with Gasteiger partial charge in [0.2, 0.25) is 0 Å². The van der Waals surface area contributed by atoms with Crippen molar-refractivity contribution in [2.45, 2.75) is 52.3 Å². The number of hydrogen-bond acceptors (Lipinski definition) is 3. The maximum absolute atomic E-state index is 13.3. The first kappa shape index (κ1) is 29.5. The zero-order chi connectivity index (χ0) is 29.9. The van der Waals surface area contributed by atoms with Crippen molar-refractivity contribution < 1.29 is 27.2 Å². The second-order valence-corrected chi connectivity index (χ2v) is 10.7. The highest BCUT2D eigenvalue weighted by Gasteiger charge is 2.31. The van der Waals surface area contributed by atoms with Crippen molar-refractivity contribution in [3.63, 3.8) is 0 Å². The number of nitrogens with one attached hydrogen (secondary N) is 2. The summed E-state index contributed by atoms with van der Waals surface area (Å²) in [6, 6.07) is 16.6. The summed E-state index contributed by atoms with van der Waals surface area (Å²) in [5.74, 6) is -0.961. The Balaban J connectivity index is 1.49. The number of aromatic nitrogens is 2. The van der Waals surface area contributed by atoms with E-state index in [2.05, 4.69) is 10.6 Å². The summed E-state index contributed by atoms with van der Waals surface area (Å²) in [5.41, 5.74) is 1.98. The second-order valence-electron chi connectivity index (χ2n) is 10.7. The molecule has 0 radical (unpaired) electrons. The Hall–Kier alpha value is -4.47. The summed E-state index contributed by atoms with van der Waals surface area (Å²) in [5, 5.41) is 10.2. The van der Waals surface area contributed by atoms with Crippen LogP contribution in [0.2, 0.25) is 0 Å². The van der Waals surface area contributed by atoms with Crippen LogP contribution in [0.4, 0.5) is 29.1 Å². The Morgan fingerprint density at radius 1 is 0.829 bits per heavy atom. The van der Waals surface area contributed by atoms with Crippen molar-refractivity contribution in [3.8, 4) is 0 Å². The zero-order valence-electron chi connectivity index (χ0n) is 23.1. The molecule has 0 spiro atoms. The smallest absolute Gasteiger partial charge is 0.322 e. The van der Waals surface area contributed by atoms with Gasteiger partial charge in [-0.3, -0.25) is 9.59 Å². The highest BCUT2D eigenvalue weighted by molar-refractivity contribution is 6.04. The van der Waals surface area contributed by atoms with Crippen LogP contribution in [0.5, 0.6) is 0 Å². The van der Waals surface area contributed by atoms with E-state index in [0.717, 1.165) is 29.0 Å². The molecule has 1 heterocycles. The lowest BCUT2D eigenvalue weighted by Crippen LogP contribution is -2.26. The van der Waals surface area contributed by atoms with Crippen molar-refractivity contribution in [1.82, 2.24) is 9.78 Å². The molecule has 0 fully saturated rings. The molecule has 0 saturated carbocycles. The van der Waals surface area contributed by atoms with Gasteiger partial charge >= 0.3 is 6.18 Å². The van der Waals surface area contributed by atoms with Crippen LogP contribution in [-0.2, 0) is 24.6 Å². The SMILES string of the molecule is Cc1ccc(NC(=O)c2cccc(C(F)(F)F)c2)cc1CCc1cc(NC(=O)c2ccc(F)cc2)n(C(C)(C)C)n1. The summed E-state index contributed by atoms with van der Waals surface area (Å²) in [4.78, 5) is 25.4. The third-order valence-electron chi connectivity index (χ3n) is 6.45. The fraction of sp³-hybridized carbons (Fsp3) is 0.258. The molecule has 214 valence electrons. The molecule has 0 aliphatic heterocycles. The maximum Gasteiger partial charge on any atom is 0.416 e. The predicted molar refractivity (Wildman–Crippen MR) is 150 cm³/mol. The molecule has 0 saturated heterocycles. The van der Waals surface area contributed by atoms with Crippen LogP contribution in [0.15, 0.2) is 72.8 Å². The van der Waals surface area contributed by atoms with Gasteiger partial charge in [-0.05, 0) is 106 Å². The largest absolute Gasteiger partial charge is 0.416 e. The highest BCUT2D eigenvalue weighted by Crippen LogP contribution is 2.30. The number of nitrogens with zero attached hydrogens (tertiary/aromatic N) is 2. The van der Waals surface area contributed by atoms with Crippen LogP contribution in [0.25, 0.3) is 0 Å². The highest BCUT2D eigenvalue weighted by atomic mass is 19.4. The third-order valence-corrected chi connectivity index (χ3v) is 6.45. The molecule has 6 nitrogen and oxygen atoms in total. The number of anilines is 2. The van der Waals surface area contributed by atoms with Crippen LogP contribution in [0.3, 0.4) is 0 Å². The Labute approximate surface area is 235 Å². The quantitative estimate of drug-likeness (QED) is 0.229. The van der Waals surface area contributed by atoms with E-state index in [1.54, 1.807) is 22.9 Å². The van der Waals surface area contributed by atoms with E-state index in [9.17, 15) is 27.2 Å². The van der Waals surface area contributed by atoms with Crippen molar-refractivity contribution in [2.75, 3.05) is 10.6 Å². The molecule has 2 N–H and O–H groups in total. The summed E-state index contributed by atoms with van der Waals surface area (Å²) in [6.45, 7) is 7.80. The fourth-order valence-electron chi connectivity index (χ4n) is 4.26. The number of halogens is 4. The Morgan fingerprint density at radius 3 is 2.17 bits per heavy atom. The summed E-state index contributed by atoms with van der Waals surface area (Å²) in [6.07, 6.45) is -3.46. The minimum atomic E-state index is -4.54. The van der Waals surface area contributed by atoms with E-state index in [1.807, 2.05) is 33.8 Å². The molecule has 1 aromatic heterocycles. The van der Waals surface area contributed by atoms with Gasteiger partial charge in [0.05, 0.1) is 16.8 Å². The molecular formula is C31H30F4N4O2. The molecule has 10 heteroatoms. The van der Waals surface area contributed by atoms with Gasteiger partial charge in [-0.25, -0.2) is 9.07 Å². The van der Waals surface area contributed by atoms with Crippen LogP contribution >= 0.6 is 0 Å².